The highest BCUT2D eigenvalue weighted by Crippen LogP contribution is 2.41. The summed E-state index contributed by atoms with van der Waals surface area (Å²) in [5.41, 5.74) is 7.52. The first-order valence-electron chi connectivity index (χ1n) is 16.0. The van der Waals surface area contributed by atoms with E-state index < -0.39 is 0 Å². The molecule has 0 fully saturated rings. The smallest absolute Gasteiger partial charge is 0.235 e. The van der Waals surface area contributed by atoms with Crippen LogP contribution in [0.15, 0.2) is 164 Å². The molecule has 0 aliphatic carbocycles. The van der Waals surface area contributed by atoms with Gasteiger partial charge in [-0.25, -0.2) is 9.97 Å². The summed E-state index contributed by atoms with van der Waals surface area (Å²) in [6, 6.07) is 58.4. The summed E-state index contributed by atoms with van der Waals surface area (Å²) in [4.78, 5) is 10.6. The summed E-state index contributed by atoms with van der Waals surface area (Å²) >= 11 is 0. The van der Waals surface area contributed by atoms with E-state index in [2.05, 4.69) is 168 Å². The second-order valence-electron chi connectivity index (χ2n) is 12.2. The largest absolute Gasteiger partial charge is 0.278 e. The molecule has 0 radical (unpaired) electrons. The Hall–Kier alpha value is -6.32. The Balaban J connectivity index is 1.24. The van der Waals surface area contributed by atoms with Crippen molar-refractivity contribution in [3.8, 4) is 28.3 Å². The maximum Gasteiger partial charge on any atom is 0.235 e. The number of para-hydroxylation sites is 1. The van der Waals surface area contributed by atoms with Crippen LogP contribution in [0.1, 0.15) is 0 Å². The number of aromatic nitrogens is 3. The van der Waals surface area contributed by atoms with Gasteiger partial charge in [0.1, 0.15) is 0 Å². The highest BCUT2D eigenvalue weighted by atomic mass is 15.2. The van der Waals surface area contributed by atoms with Crippen molar-refractivity contribution in [2.45, 2.75) is 0 Å². The Bertz CT molecular complexity index is 2750. The third-order valence-corrected chi connectivity index (χ3v) is 9.60. The molecule has 10 aromatic rings. The fourth-order valence-corrected chi connectivity index (χ4v) is 7.43. The van der Waals surface area contributed by atoms with Gasteiger partial charge in [-0.3, -0.25) is 4.57 Å². The van der Waals surface area contributed by atoms with E-state index in [9.17, 15) is 0 Å². The Morgan fingerprint density at radius 3 is 1.53 bits per heavy atom. The van der Waals surface area contributed by atoms with Gasteiger partial charge in [0.15, 0.2) is 0 Å². The molecule has 0 amide bonds. The Labute approximate surface area is 271 Å². The second-order valence-corrected chi connectivity index (χ2v) is 12.2. The van der Waals surface area contributed by atoms with Gasteiger partial charge in [-0.15, -0.1) is 0 Å². The normalized spacial score (nSPS) is 11.8. The van der Waals surface area contributed by atoms with Gasteiger partial charge in [-0.05, 0) is 61.6 Å². The summed E-state index contributed by atoms with van der Waals surface area (Å²) in [5, 5.41) is 10.9. The van der Waals surface area contributed by atoms with E-state index in [1.54, 1.807) is 0 Å². The lowest BCUT2D eigenvalue weighted by molar-refractivity contribution is 1.01. The second kappa shape index (κ2) is 10.1. The molecule has 0 saturated heterocycles. The quantitative estimate of drug-likeness (QED) is 0.203. The number of hydrogen-bond donors (Lipinski definition) is 0. The molecular weight excluding hydrogens is 571 g/mol. The fourth-order valence-electron chi connectivity index (χ4n) is 7.43. The van der Waals surface area contributed by atoms with Crippen LogP contribution in [-0.2, 0) is 0 Å². The zero-order chi connectivity index (χ0) is 30.9. The summed E-state index contributed by atoms with van der Waals surface area (Å²) in [6.45, 7) is 0. The first-order valence-corrected chi connectivity index (χ1v) is 16.0. The molecule has 0 bridgehead atoms. The molecule has 2 aromatic heterocycles. The van der Waals surface area contributed by atoms with Crippen molar-refractivity contribution < 1.29 is 0 Å². The van der Waals surface area contributed by atoms with Crippen LogP contribution in [0.2, 0.25) is 0 Å². The first kappa shape index (κ1) is 26.0. The maximum absolute atomic E-state index is 5.38. The average Bonchev–Trinajstić information content (AvgIpc) is 3.50. The number of benzene rings is 8. The lowest BCUT2D eigenvalue weighted by atomic mass is 9.96. The Morgan fingerprint density at radius 2 is 0.872 bits per heavy atom. The number of rotatable bonds is 3. The van der Waals surface area contributed by atoms with Gasteiger partial charge in [0.05, 0.1) is 22.2 Å². The minimum atomic E-state index is 0.669. The number of hydrogen-bond acceptors (Lipinski definition) is 2. The number of nitrogens with zero attached hydrogens (tertiary/aromatic N) is 3. The molecule has 47 heavy (non-hydrogen) atoms. The van der Waals surface area contributed by atoms with Crippen molar-refractivity contribution in [1.29, 1.82) is 0 Å². The summed E-state index contributed by atoms with van der Waals surface area (Å²) in [7, 11) is 0. The summed E-state index contributed by atoms with van der Waals surface area (Å²) < 4.78 is 2.25. The molecule has 0 spiro atoms. The van der Waals surface area contributed by atoms with Crippen molar-refractivity contribution >= 4 is 65.0 Å². The summed E-state index contributed by atoms with van der Waals surface area (Å²) in [6.07, 6.45) is 0. The van der Waals surface area contributed by atoms with Gasteiger partial charge < -0.3 is 0 Å². The summed E-state index contributed by atoms with van der Waals surface area (Å²) in [5.74, 6) is 0.669. The van der Waals surface area contributed by atoms with Crippen molar-refractivity contribution in [3.05, 3.63) is 164 Å². The molecule has 3 nitrogen and oxygen atoms in total. The lowest BCUT2D eigenvalue weighted by Crippen LogP contribution is -2.03. The molecule has 0 saturated carbocycles. The average molecular weight is 598 g/mol. The van der Waals surface area contributed by atoms with Crippen molar-refractivity contribution in [3.63, 3.8) is 0 Å². The molecule has 0 aliphatic heterocycles. The van der Waals surface area contributed by atoms with Gasteiger partial charge in [0.25, 0.3) is 0 Å². The van der Waals surface area contributed by atoms with E-state index in [4.69, 9.17) is 9.97 Å². The van der Waals surface area contributed by atoms with Crippen LogP contribution < -0.4 is 0 Å². The fraction of sp³-hybridized carbons (Fsp3) is 0. The first-order chi connectivity index (χ1) is 23.3. The Morgan fingerprint density at radius 1 is 0.362 bits per heavy atom. The minimum Gasteiger partial charge on any atom is -0.278 e. The molecule has 0 aliphatic rings. The molecule has 0 N–H and O–H groups in total. The highest BCUT2D eigenvalue weighted by Gasteiger charge is 2.20. The highest BCUT2D eigenvalue weighted by molar-refractivity contribution is 6.28. The van der Waals surface area contributed by atoms with Gasteiger partial charge in [-0.1, -0.05) is 146 Å². The predicted molar refractivity (Wildman–Crippen MR) is 197 cm³/mol. The predicted octanol–water partition coefficient (Wildman–Crippen LogP) is 11.5. The van der Waals surface area contributed by atoms with E-state index in [1.165, 1.54) is 54.2 Å². The maximum atomic E-state index is 5.38. The topological polar surface area (TPSA) is 30.7 Å². The van der Waals surface area contributed by atoms with Gasteiger partial charge >= 0.3 is 0 Å². The van der Waals surface area contributed by atoms with E-state index in [0.717, 1.165) is 33.2 Å². The molecule has 3 heteroatoms. The standard InChI is InChI=1S/C44H27N3/c1-4-14-33-28(10-1)13-9-18-34(33)31-20-22-32(23-21-31)43-37-17-7-8-19-38(37)45-44(46-43)47-39-26-24-29-11-2-5-15-35(29)41(39)42-36-16-6-3-12-30(36)25-27-40(42)47/h1-27H. The zero-order valence-electron chi connectivity index (χ0n) is 25.4. The van der Waals surface area contributed by atoms with Crippen LogP contribution in [0.5, 0.6) is 0 Å². The molecule has 218 valence electrons. The van der Waals surface area contributed by atoms with Crippen LogP contribution in [0.3, 0.4) is 0 Å². The van der Waals surface area contributed by atoms with Crippen LogP contribution in [0.25, 0.3) is 93.4 Å². The van der Waals surface area contributed by atoms with Crippen LogP contribution in [0.4, 0.5) is 0 Å². The molecule has 10 rings (SSSR count). The minimum absolute atomic E-state index is 0.669. The van der Waals surface area contributed by atoms with E-state index in [-0.39, 0.29) is 0 Å². The van der Waals surface area contributed by atoms with Crippen molar-refractivity contribution in [2.24, 2.45) is 0 Å². The lowest BCUT2D eigenvalue weighted by Gasteiger charge is -2.13. The number of fused-ring (bicyclic) bond motifs is 9. The van der Waals surface area contributed by atoms with Crippen LogP contribution >= 0.6 is 0 Å². The van der Waals surface area contributed by atoms with Crippen molar-refractivity contribution in [1.82, 2.24) is 14.5 Å². The molecule has 0 unspecified atom stereocenters. The van der Waals surface area contributed by atoms with Crippen LogP contribution in [0, 0.1) is 0 Å². The van der Waals surface area contributed by atoms with Gasteiger partial charge in [0.2, 0.25) is 5.95 Å². The molecule has 0 atom stereocenters. The van der Waals surface area contributed by atoms with Crippen LogP contribution in [-0.4, -0.2) is 14.5 Å². The zero-order valence-corrected chi connectivity index (χ0v) is 25.4. The monoisotopic (exact) mass is 597 g/mol. The van der Waals surface area contributed by atoms with Crippen molar-refractivity contribution in [2.75, 3.05) is 0 Å². The molecular formula is C44H27N3. The van der Waals surface area contributed by atoms with E-state index >= 15 is 0 Å². The van der Waals surface area contributed by atoms with E-state index in [0.29, 0.717) is 5.95 Å². The Kier molecular flexibility index (Phi) is 5.57. The SMILES string of the molecule is c1ccc2c(-c3ccc(-c4nc(-n5c6ccc7ccccc7c6c6c7ccccc7ccc65)nc5ccccc45)cc3)cccc2c1. The molecule has 8 aromatic carbocycles. The molecule has 2 heterocycles. The van der Waals surface area contributed by atoms with Gasteiger partial charge in [0, 0.05) is 21.7 Å². The third-order valence-electron chi connectivity index (χ3n) is 9.60. The third kappa shape index (κ3) is 3.93. The van der Waals surface area contributed by atoms with Gasteiger partial charge in [-0.2, -0.15) is 0 Å². The van der Waals surface area contributed by atoms with E-state index in [1.807, 2.05) is 0 Å².